The van der Waals surface area contributed by atoms with Crippen molar-refractivity contribution in [2.45, 2.75) is 38.8 Å². The zero-order valence-electron chi connectivity index (χ0n) is 9.19. The highest BCUT2D eigenvalue weighted by molar-refractivity contribution is 5.80. The van der Waals surface area contributed by atoms with E-state index in [0.29, 0.717) is 12.6 Å². The first kappa shape index (κ1) is 12.0. The second kappa shape index (κ2) is 5.11. The Bertz CT molecular complexity index is 251. The van der Waals surface area contributed by atoms with E-state index in [4.69, 9.17) is 5.11 Å². The van der Waals surface area contributed by atoms with Gasteiger partial charge in [-0.15, -0.1) is 0 Å². The summed E-state index contributed by atoms with van der Waals surface area (Å²) >= 11 is 0. The number of nitrogens with zero attached hydrogens (tertiary/aromatic N) is 1. The smallest absolute Gasteiger partial charge is 0.320 e. The van der Waals surface area contributed by atoms with E-state index in [0.717, 1.165) is 12.8 Å². The first-order chi connectivity index (χ1) is 7.06. The number of rotatable bonds is 6. The number of amides is 1. The molecule has 1 amide bonds. The van der Waals surface area contributed by atoms with Crippen LogP contribution >= 0.6 is 0 Å². The van der Waals surface area contributed by atoms with Crippen LogP contribution in [0.3, 0.4) is 0 Å². The highest BCUT2D eigenvalue weighted by Gasteiger charge is 2.31. The minimum absolute atomic E-state index is 0.00639. The minimum Gasteiger partial charge on any atom is -0.480 e. The highest BCUT2D eigenvalue weighted by Crippen LogP contribution is 2.26. The lowest BCUT2D eigenvalue weighted by molar-refractivity contribution is -0.139. The van der Waals surface area contributed by atoms with Crippen molar-refractivity contribution in [3.63, 3.8) is 0 Å². The predicted molar refractivity (Wildman–Crippen MR) is 55.5 cm³/mol. The van der Waals surface area contributed by atoms with Crippen molar-refractivity contribution < 1.29 is 14.7 Å². The van der Waals surface area contributed by atoms with E-state index in [9.17, 15) is 9.59 Å². The summed E-state index contributed by atoms with van der Waals surface area (Å²) in [6.07, 6.45) is 2.15. The molecule has 0 aromatic carbocycles. The summed E-state index contributed by atoms with van der Waals surface area (Å²) in [6.45, 7) is 4.28. The highest BCUT2D eigenvalue weighted by atomic mass is 16.4. The summed E-state index contributed by atoms with van der Waals surface area (Å²) in [5.74, 6) is -0.939. The van der Waals surface area contributed by atoms with Crippen LogP contribution in [0.25, 0.3) is 0 Å². The maximum absolute atomic E-state index is 11.7. The van der Waals surface area contributed by atoms with Gasteiger partial charge in [0.25, 0.3) is 0 Å². The van der Waals surface area contributed by atoms with E-state index >= 15 is 0 Å². The molecule has 1 rings (SSSR count). The molecule has 0 radical (unpaired) electrons. The van der Waals surface area contributed by atoms with Crippen LogP contribution in [-0.2, 0) is 9.59 Å². The Morgan fingerprint density at radius 3 is 2.53 bits per heavy atom. The normalized spacial score (nSPS) is 17.2. The Labute approximate surface area is 89.4 Å². The summed E-state index contributed by atoms with van der Waals surface area (Å²) < 4.78 is 0. The maximum Gasteiger partial charge on any atom is 0.320 e. The molecule has 15 heavy (non-hydrogen) atoms. The van der Waals surface area contributed by atoms with Gasteiger partial charge in [-0.05, 0) is 26.7 Å². The van der Waals surface area contributed by atoms with Gasteiger partial charge >= 0.3 is 5.97 Å². The van der Waals surface area contributed by atoms with Crippen molar-refractivity contribution in [2.24, 2.45) is 0 Å². The molecule has 5 heteroatoms. The van der Waals surface area contributed by atoms with Crippen LogP contribution in [0.15, 0.2) is 0 Å². The van der Waals surface area contributed by atoms with Gasteiger partial charge < -0.3 is 10.0 Å². The van der Waals surface area contributed by atoms with Crippen molar-refractivity contribution in [3.8, 4) is 0 Å². The molecule has 1 saturated carbocycles. The number of likely N-dealkylation sites (N-methyl/N-ethyl adjacent to an activating group) is 1. The van der Waals surface area contributed by atoms with E-state index in [-0.39, 0.29) is 12.5 Å². The zero-order valence-corrected chi connectivity index (χ0v) is 9.19. The SMILES string of the molecule is CCN(C(=O)CN[C@H](C)C(=O)O)C1CC1. The lowest BCUT2D eigenvalue weighted by Gasteiger charge is -2.21. The third kappa shape index (κ3) is 3.51. The molecule has 0 bridgehead atoms. The van der Waals surface area contributed by atoms with E-state index < -0.39 is 12.0 Å². The molecule has 0 aromatic heterocycles. The van der Waals surface area contributed by atoms with Crippen molar-refractivity contribution >= 4 is 11.9 Å². The van der Waals surface area contributed by atoms with Crippen LogP contribution in [-0.4, -0.2) is 47.1 Å². The van der Waals surface area contributed by atoms with Gasteiger partial charge in [-0.3, -0.25) is 14.9 Å². The first-order valence-electron chi connectivity index (χ1n) is 5.32. The van der Waals surface area contributed by atoms with Gasteiger partial charge in [-0.1, -0.05) is 0 Å². The topological polar surface area (TPSA) is 69.6 Å². The second-order valence-electron chi connectivity index (χ2n) is 3.85. The lowest BCUT2D eigenvalue weighted by Crippen LogP contribution is -2.44. The molecule has 0 saturated heterocycles. The van der Waals surface area contributed by atoms with Crippen molar-refractivity contribution in [3.05, 3.63) is 0 Å². The average molecular weight is 214 g/mol. The Balaban J connectivity index is 2.30. The van der Waals surface area contributed by atoms with E-state index in [1.54, 1.807) is 0 Å². The number of hydrogen-bond donors (Lipinski definition) is 2. The molecule has 2 N–H and O–H groups in total. The number of nitrogens with one attached hydrogen (secondary N) is 1. The number of carbonyl (C=O) groups excluding carboxylic acids is 1. The van der Waals surface area contributed by atoms with Crippen LogP contribution in [0, 0.1) is 0 Å². The number of carboxylic acids is 1. The van der Waals surface area contributed by atoms with Gasteiger partial charge in [0.15, 0.2) is 0 Å². The third-order valence-electron chi connectivity index (χ3n) is 2.58. The molecule has 0 aliphatic heterocycles. The fourth-order valence-electron chi connectivity index (χ4n) is 1.45. The molecule has 1 fully saturated rings. The van der Waals surface area contributed by atoms with Gasteiger partial charge in [-0.2, -0.15) is 0 Å². The Morgan fingerprint density at radius 2 is 2.13 bits per heavy atom. The molecule has 0 spiro atoms. The van der Waals surface area contributed by atoms with Crippen LogP contribution < -0.4 is 5.32 Å². The summed E-state index contributed by atoms with van der Waals surface area (Å²) in [6, 6.07) is -0.281. The van der Waals surface area contributed by atoms with Crippen molar-refractivity contribution in [1.29, 1.82) is 0 Å². The summed E-state index contributed by atoms with van der Waals surface area (Å²) in [5, 5.41) is 11.3. The fourth-order valence-corrected chi connectivity index (χ4v) is 1.45. The Kier molecular flexibility index (Phi) is 4.08. The maximum atomic E-state index is 11.7. The molecule has 0 aromatic rings. The monoisotopic (exact) mass is 214 g/mol. The van der Waals surface area contributed by atoms with Crippen LogP contribution in [0.1, 0.15) is 26.7 Å². The van der Waals surface area contributed by atoms with E-state index in [2.05, 4.69) is 5.32 Å². The van der Waals surface area contributed by atoms with E-state index in [1.807, 2.05) is 11.8 Å². The molecule has 0 heterocycles. The fraction of sp³-hybridized carbons (Fsp3) is 0.800. The zero-order chi connectivity index (χ0) is 11.4. The summed E-state index contributed by atoms with van der Waals surface area (Å²) in [5.41, 5.74) is 0. The molecule has 5 nitrogen and oxygen atoms in total. The Hall–Kier alpha value is -1.10. The number of hydrogen-bond acceptors (Lipinski definition) is 3. The molecule has 1 atom stereocenters. The molecule has 1 aliphatic carbocycles. The standard InChI is InChI=1S/C10H18N2O3/c1-3-12(8-4-5-8)9(13)6-11-7(2)10(14)15/h7-8,11H,3-6H2,1-2H3,(H,14,15)/t7-/m1/s1. The quantitative estimate of drug-likeness (QED) is 0.656. The number of aliphatic carboxylic acids is 1. The molecule has 86 valence electrons. The van der Waals surface area contributed by atoms with Crippen LogP contribution in [0.5, 0.6) is 0 Å². The Morgan fingerprint density at radius 1 is 1.53 bits per heavy atom. The predicted octanol–water partition coefficient (Wildman–Crippen LogP) is 0.0600. The average Bonchev–Trinajstić information content (AvgIpc) is 2.99. The van der Waals surface area contributed by atoms with Gasteiger partial charge in [-0.25, -0.2) is 0 Å². The van der Waals surface area contributed by atoms with Gasteiger partial charge in [0.05, 0.1) is 6.54 Å². The summed E-state index contributed by atoms with van der Waals surface area (Å²) in [7, 11) is 0. The van der Waals surface area contributed by atoms with Crippen molar-refractivity contribution in [2.75, 3.05) is 13.1 Å². The van der Waals surface area contributed by atoms with Crippen LogP contribution in [0.4, 0.5) is 0 Å². The van der Waals surface area contributed by atoms with E-state index in [1.165, 1.54) is 6.92 Å². The first-order valence-corrected chi connectivity index (χ1v) is 5.32. The minimum atomic E-state index is -0.933. The van der Waals surface area contributed by atoms with Gasteiger partial charge in [0.1, 0.15) is 6.04 Å². The van der Waals surface area contributed by atoms with Crippen LogP contribution in [0.2, 0.25) is 0 Å². The molecule has 0 unspecified atom stereocenters. The third-order valence-corrected chi connectivity index (χ3v) is 2.58. The number of carboxylic acid groups (broad SMARTS) is 1. The molecule has 1 aliphatic rings. The largest absolute Gasteiger partial charge is 0.480 e. The molecular formula is C10H18N2O3. The van der Waals surface area contributed by atoms with Gasteiger partial charge in [0, 0.05) is 12.6 Å². The van der Waals surface area contributed by atoms with Crippen molar-refractivity contribution in [1.82, 2.24) is 10.2 Å². The lowest BCUT2D eigenvalue weighted by atomic mass is 10.3. The summed E-state index contributed by atoms with van der Waals surface area (Å²) in [4.78, 5) is 24.0. The number of carbonyl (C=O) groups is 2. The molecular weight excluding hydrogens is 196 g/mol. The second-order valence-corrected chi connectivity index (χ2v) is 3.85. The van der Waals surface area contributed by atoms with Gasteiger partial charge in [0.2, 0.25) is 5.91 Å².